The van der Waals surface area contributed by atoms with Gasteiger partial charge in [0.05, 0.1) is 12.2 Å². The number of rotatable bonds is 5. The third kappa shape index (κ3) is 2.55. The fourth-order valence-electron chi connectivity index (χ4n) is 3.14. The number of hydrogen-bond donors (Lipinski definition) is 1. The van der Waals surface area contributed by atoms with E-state index in [4.69, 9.17) is 21.4 Å². The van der Waals surface area contributed by atoms with E-state index >= 15 is 0 Å². The number of hydrogen-bond acceptors (Lipinski definition) is 4. The molecule has 2 heterocycles. The molecule has 0 aliphatic heterocycles. The molecular weight excluding hydrogens is 330 g/mol. The van der Waals surface area contributed by atoms with Gasteiger partial charge in [0.25, 0.3) is 0 Å². The Morgan fingerprint density at radius 1 is 1.38 bits per heavy atom. The van der Waals surface area contributed by atoms with Crippen LogP contribution in [-0.4, -0.2) is 32.4 Å². The summed E-state index contributed by atoms with van der Waals surface area (Å²) in [6, 6.07) is 4.72. The highest BCUT2D eigenvalue weighted by molar-refractivity contribution is 6.32. The quantitative estimate of drug-likeness (QED) is 0.833. The highest BCUT2D eigenvalue weighted by atomic mass is 35.5. The SMILES string of the molecule is CC1C(C)(C)C1(C)COc1ccn(-c2ccc(C(=O)O)c(Cl)n2)n1. The number of halogens is 1. The topological polar surface area (TPSA) is 77.2 Å². The predicted octanol–water partition coefficient (Wildman–Crippen LogP) is 3.68. The molecule has 1 fully saturated rings. The van der Waals surface area contributed by atoms with Crippen LogP contribution in [-0.2, 0) is 0 Å². The van der Waals surface area contributed by atoms with Crippen LogP contribution in [0.15, 0.2) is 24.4 Å². The molecule has 2 unspecified atom stereocenters. The molecule has 1 saturated carbocycles. The van der Waals surface area contributed by atoms with Crippen LogP contribution in [0.5, 0.6) is 5.88 Å². The number of ether oxygens (including phenoxy) is 1. The van der Waals surface area contributed by atoms with Crippen LogP contribution in [0.25, 0.3) is 5.82 Å². The molecule has 1 aliphatic carbocycles. The van der Waals surface area contributed by atoms with Crippen LogP contribution in [0.2, 0.25) is 5.15 Å². The van der Waals surface area contributed by atoms with Crippen LogP contribution in [0, 0.1) is 16.7 Å². The maximum absolute atomic E-state index is 11.0. The monoisotopic (exact) mass is 349 g/mol. The standard InChI is InChI=1S/C17H20ClN3O3/c1-10-16(2,3)17(10,4)9-24-13-7-8-21(20-13)12-6-5-11(15(22)23)14(18)19-12/h5-8,10H,9H2,1-4H3,(H,22,23). The molecule has 2 aromatic rings. The van der Waals surface area contributed by atoms with Gasteiger partial charge < -0.3 is 9.84 Å². The number of carbonyl (C=O) groups is 1. The fourth-order valence-corrected chi connectivity index (χ4v) is 3.37. The minimum absolute atomic E-state index is 0.0399. The van der Waals surface area contributed by atoms with Crippen LogP contribution >= 0.6 is 11.6 Å². The van der Waals surface area contributed by atoms with Crippen molar-refractivity contribution in [3.63, 3.8) is 0 Å². The normalized spacial score (nSPS) is 24.6. The van der Waals surface area contributed by atoms with E-state index in [1.165, 1.54) is 10.7 Å². The number of nitrogens with zero attached hydrogens (tertiary/aromatic N) is 3. The zero-order valence-corrected chi connectivity index (χ0v) is 14.8. The molecular formula is C17H20ClN3O3. The third-order valence-electron chi connectivity index (χ3n) is 5.81. The van der Waals surface area contributed by atoms with E-state index < -0.39 is 5.97 Å². The zero-order chi connectivity index (χ0) is 17.7. The molecule has 24 heavy (non-hydrogen) atoms. The molecule has 0 radical (unpaired) electrons. The molecule has 7 heteroatoms. The predicted molar refractivity (Wildman–Crippen MR) is 89.9 cm³/mol. The maximum Gasteiger partial charge on any atom is 0.338 e. The lowest BCUT2D eigenvalue weighted by molar-refractivity contribution is 0.0696. The Morgan fingerprint density at radius 3 is 2.58 bits per heavy atom. The Morgan fingerprint density at radius 2 is 2.04 bits per heavy atom. The number of aromatic nitrogens is 3. The number of carboxylic acid groups (broad SMARTS) is 1. The summed E-state index contributed by atoms with van der Waals surface area (Å²) in [5, 5.41) is 13.2. The smallest absolute Gasteiger partial charge is 0.338 e. The number of pyridine rings is 1. The lowest BCUT2D eigenvalue weighted by Crippen LogP contribution is -2.15. The average Bonchev–Trinajstić information content (AvgIpc) is 2.90. The number of aromatic carboxylic acids is 1. The summed E-state index contributed by atoms with van der Waals surface area (Å²) in [6.45, 7) is 9.55. The summed E-state index contributed by atoms with van der Waals surface area (Å²) in [7, 11) is 0. The molecule has 128 valence electrons. The lowest BCUT2D eigenvalue weighted by atomic mass is 9.99. The van der Waals surface area contributed by atoms with Gasteiger partial charge >= 0.3 is 5.97 Å². The largest absolute Gasteiger partial charge is 0.478 e. The molecule has 1 N–H and O–H groups in total. The van der Waals surface area contributed by atoms with Gasteiger partial charge in [-0.05, 0) is 23.5 Å². The lowest BCUT2D eigenvalue weighted by Gasteiger charge is -2.14. The highest BCUT2D eigenvalue weighted by Crippen LogP contribution is 2.68. The molecule has 0 spiro atoms. The Balaban J connectivity index is 1.72. The average molecular weight is 350 g/mol. The first-order valence-electron chi connectivity index (χ1n) is 7.75. The Bertz CT molecular complexity index is 802. The first-order valence-corrected chi connectivity index (χ1v) is 8.13. The van der Waals surface area contributed by atoms with Crippen LogP contribution < -0.4 is 4.74 Å². The van der Waals surface area contributed by atoms with E-state index in [1.54, 1.807) is 18.3 Å². The Labute approximate surface area is 145 Å². The first kappa shape index (κ1) is 16.8. The van der Waals surface area contributed by atoms with Crippen molar-refractivity contribution in [2.24, 2.45) is 16.7 Å². The van der Waals surface area contributed by atoms with Crippen molar-refractivity contribution in [2.75, 3.05) is 6.61 Å². The van der Waals surface area contributed by atoms with Gasteiger partial charge in [-0.1, -0.05) is 39.3 Å². The molecule has 0 aromatic carbocycles. The van der Waals surface area contributed by atoms with Crippen molar-refractivity contribution in [3.8, 4) is 11.7 Å². The minimum atomic E-state index is -1.11. The number of carboxylic acids is 1. The van der Waals surface area contributed by atoms with Crippen molar-refractivity contribution >= 4 is 17.6 Å². The van der Waals surface area contributed by atoms with Crippen LogP contribution in [0.1, 0.15) is 38.1 Å². The van der Waals surface area contributed by atoms with Gasteiger partial charge in [0, 0.05) is 17.7 Å². The van der Waals surface area contributed by atoms with Crippen molar-refractivity contribution in [2.45, 2.75) is 27.7 Å². The highest BCUT2D eigenvalue weighted by Gasteiger charge is 2.65. The summed E-state index contributed by atoms with van der Waals surface area (Å²) in [5.74, 6) is 0.423. The van der Waals surface area contributed by atoms with Gasteiger partial charge in [0.15, 0.2) is 5.82 Å². The molecule has 0 amide bonds. The van der Waals surface area contributed by atoms with E-state index in [0.29, 0.717) is 24.2 Å². The second kappa shape index (κ2) is 5.48. The van der Waals surface area contributed by atoms with E-state index in [2.05, 4.69) is 37.8 Å². The Hall–Kier alpha value is -2.08. The molecule has 0 saturated heterocycles. The second-order valence-corrected chi connectivity index (χ2v) is 7.42. The Kier molecular flexibility index (Phi) is 3.83. The van der Waals surface area contributed by atoms with E-state index in [9.17, 15) is 4.79 Å². The summed E-state index contributed by atoms with van der Waals surface area (Å²) < 4.78 is 7.36. The van der Waals surface area contributed by atoms with Crippen molar-refractivity contribution in [1.29, 1.82) is 0 Å². The van der Waals surface area contributed by atoms with Crippen LogP contribution in [0.4, 0.5) is 0 Å². The summed E-state index contributed by atoms with van der Waals surface area (Å²) in [5.41, 5.74) is 0.362. The van der Waals surface area contributed by atoms with Crippen molar-refractivity contribution in [3.05, 3.63) is 35.1 Å². The summed E-state index contributed by atoms with van der Waals surface area (Å²) in [6.07, 6.45) is 1.71. The van der Waals surface area contributed by atoms with Gasteiger partial charge in [0.1, 0.15) is 5.15 Å². The molecule has 2 atom stereocenters. The summed E-state index contributed by atoms with van der Waals surface area (Å²) in [4.78, 5) is 15.0. The van der Waals surface area contributed by atoms with Crippen LogP contribution in [0.3, 0.4) is 0 Å². The summed E-state index contributed by atoms with van der Waals surface area (Å²) >= 11 is 5.89. The molecule has 2 aromatic heterocycles. The second-order valence-electron chi connectivity index (χ2n) is 7.06. The molecule has 6 nitrogen and oxygen atoms in total. The van der Waals surface area contributed by atoms with Gasteiger partial charge in [-0.25, -0.2) is 14.5 Å². The van der Waals surface area contributed by atoms with E-state index in [0.717, 1.165) is 0 Å². The molecule has 1 aliphatic rings. The van der Waals surface area contributed by atoms with E-state index in [1.807, 2.05) is 0 Å². The first-order chi connectivity index (χ1) is 11.2. The van der Waals surface area contributed by atoms with E-state index in [-0.39, 0.29) is 21.5 Å². The minimum Gasteiger partial charge on any atom is -0.478 e. The third-order valence-corrected chi connectivity index (χ3v) is 6.10. The maximum atomic E-state index is 11.0. The molecule has 3 rings (SSSR count). The van der Waals surface area contributed by atoms with Gasteiger partial charge in [0.2, 0.25) is 5.88 Å². The van der Waals surface area contributed by atoms with Gasteiger partial charge in [-0.15, -0.1) is 5.10 Å². The van der Waals surface area contributed by atoms with Crippen molar-refractivity contribution in [1.82, 2.24) is 14.8 Å². The van der Waals surface area contributed by atoms with Gasteiger partial charge in [-0.2, -0.15) is 0 Å². The zero-order valence-electron chi connectivity index (χ0n) is 14.1. The molecule has 0 bridgehead atoms. The van der Waals surface area contributed by atoms with Gasteiger partial charge in [-0.3, -0.25) is 0 Å². The van der Waals surface area contributed by atoms with Crippen molar-refractivity contribution < 1.29 is 14.6 Å². The fraction of sp³-hybridized carbons (Fsp3) is 0.471.